The van der Waals surface area contributed by atoms with Gasteiger partial charge in [0.1, 0.15) is 11.8 Å². The molecule has 0 aliphatic heterocycles. The van der Waals surface area contributed by atoms with E-state index in [1.165, 1.54) is 5.56 Å². The molecule has 0 aromatic heterocycles. The first-order chi connectivity index (χ1) is 15.0. The largest absolute Gasteiger partial charge is 0.494 e. The molecular formula is C26H34N2O3. The highest BCUT2D eigenvalue weighted by molar-refractivity contribution is 5.87. The third-order valence-electron chi connectivity index (χ3n) is 5.89. The van der Waals surface area contributed by atoms with Crippen molar-refractivity contribution >= 4 is 11.8 Å². The van der Waals surface area contributed by atoms with E-state index in [2.05, 4.69) is 5.32 Å². The van der Waals surface area contributed by atoms with Gasteiger partial charge < -0.3 is 15.0 Å². The molecule has 2 aromatic rings. The fraction of sp³-hybridized carbons (Fsp3) is 0.462. The number of nitrogens with zero attached hydrogens (tertiary/aromatic N) is 1. The molecule has 1 unspecified atom stereocenters. The molecule has 2 amide bonds. The smallest absolute Gasteiger partial charge is 0.242 e. The van der Waals surface area contributed by atoms with Crippen molar-refractivity contribution in [3.05, 3.63) is 65.7 Å². The summed E-state index contributed by atoms with van der Waals surface area (Å²) in [7, 11) is 0. The van der Waals surface area contributed by atoms with Crippen LogP contribution in [0.2, 0.25) is 0 Å². The molecule has 1 aliphatic carbocycles. The van der Waals surface area contributed by atoms with E-state index in [4.69, 9.17) is 4.74 Å². The molecule has 1 saturated carbocycles. The van der Waals surface area contributed by atoms with Crippen molar-refractivity contribution in [3.63, 3.8) is 0 Å². The van der Waals surface area contributed by atoms with Crippen LogP contribution in [0.1, 0.15) is 56.6 Å². The molecule has 1 N–H and O–H groups in total. The minimum Gasteiger partial charge on any atom is -0.494 e. The number of aryl methyl sites for hydroxylation is 1. The monoisotopic (exact) mass is 422 g/mol. The van der Waals surface area contributed by atoms with E-state index in [0.29, 0.717) is 26.0 Å². The highest BCUT2D eigenvalue weighted by atomic mass is 16.5. The summed E-state index contributed by atoms with van der Waals surface area (Å²) in [5.41, 5.74) is 2.20. The molecule has 5 nitrogen and oxygen atoms in total. The van der Waals surface area contributed by atoms with Crippen LogP contribution in [-0.4, -0.2) is 35.4 Å². The maximum absolute atomic E-state index is 13.1. The van der Waals surface area contributed by atoms with Crippen LogP contribution in [0.3, 0.4) is 0 Å². The van der Waals surface area contributed by atoms with Gasteiger partial charge in [0.2, 0.25) is 11.8 Å². The molecule has 0 bridgehead atoms. The van der Waals surface area contributed by atoms with Gasteiger partial charge in [-0.2, -0.15) is 0 Å². The van der Waals surface area contributed by atoms with Crippen LogP contribution >= 0.6 is 0 Å². The second-order valence-electron chi connectivity index (χ2n) is 8.44. The maximum atomic E-state index is 13.1. The molecule has 5 heteroatoms. The zero-order chi connectivity index (χ0) is 22.1. The lowest BCUT2D eigenvalue weighted by Crippen LogP contribution is -2.49. The molecule has 1 aliphatic rings. The summed E-state index contributed by atoms with van der Waals surface area (Å²) in [5, 5.41) is 3.14. The summed E-state index contributed by atoms with van der Waals surface area (Å²) in [4.78, 5) is 27.6. The number of hydrogen-bond donors (Lipinski definition) is 1. The zero-order valence-electron chi connectivity index (χ0n) is 18.7. The van der Waals surface area contributed by atoms with Crippen LogP contribution in [0.4, 0.5) is 0 Å². The molecule has 0 spiro atoms. The summed E-state index contributed by atoms with van der Waals surface area (Å²) in [6.45, 7) is 4.76. The van der Waals surface area contributed by atoms with Crippen LogP contribution in [0.25, 0.3) is 0 Å². The molecule has 0 radical (unpaired) electrons. The minimum atomic E-state index is -0.508. The van der Waals surface area contributed by atoms with Gasteiger partial charge in [-0.15, -0.1) is 0 Å². The predicted molar refractivity (Wildman–Crippen MR) is 123 cm³/mol. The van der Waals surface area contributed by atoms with Gasteiger partial charge in [-0.25, -0.2) is 0 Å². The van der Waals surface area contributed by atoms with E-state index in [0.717, 1.165) is 37.0 Å². The van der Waals surface area contributed by atoms with Gasteiger partial charge in [0.15, 0.2) is 0 Å². The highest BCUT2D eigenvalue weighted by Crippen LogP contribution is 2.19. The number of carbonyl (C=O) groups excluding carboxylic acids is 2. The molecule has 0 saturated heterocycles. The van der Waals surface area contributed by atoms with Gasteiger partial charge in [-0.1, -0.05) is 60.9 Å². The summed E-state index contributed by atoms with van der Waals surface area (Å²) in [6.07, 6.45) is 5.33. The number of carbonyl (C=O) groups is 2. The summed E-state index contributed by atoms with van der Waals surface area (Å²) >= 11 is 0. The van der Waals surface area contributed by atoms with Crippen LogP contribution in [0, 0.1) is 6.92 Å². The molecule has 2 aromatic carbocycles. The highest BCUT2D eigenvalue weighted by Gasteiger charge is 2.28. The van der Waals surface area contributed by atoms with Crippen molar-refractivity contribution in [3.8, 4) is 5.75 Å². The van der Waals surface area contributed by atoms with Gasteiger partial charge in [0.05, 0.1) is 6.61 Å². The standard InChI is InChI=1S/C26H34N2O3/c1-20-14-16-24(17-15-20)31-18-8-13-25(29)28(19-22-9-4-3-5-10-22)21(2)26(30)27-23-11-6-7-12-23/h3-5,9-10,14-17,21,23H,6-8,11-13,18-19H2,1-2H3,(H,27,30). The molecular weight excluding hydrogens is 388 g/mol. The molecule has 1 atom stereocenters. The quantitative estimate of drug-likeness (QED) is 0.568. The summed E-state index contributed by atoms with van der Waals surface area (Å²) < 4.78 is 5.76. The minimum absolute atomic E-state index is 0.0227. The molecule has 3 rings (SSSR count). The second kappa shape index (κ2) is 11.5. The number of benzene rings is 2. The number of nitrogens with one attached hydrogen (secondary N) is 1. The Morgan fingerprint density at radius 2 is 1.74 bits per heavy atom. The molecule has 1 fully saturated rings. The second-order valence-corrected chi connectivity index (χ2v) is 8.44. The molecule has 166 valence electrons. The predicted octanol–water partition coefficient (Wildman–Crippen LogP) is 4.63. The normalized spacial score (nSPS) is 14.8. The van der Waals surface area contributed by atoms with Gasteiger partial charge >= 0.3 is 0 Å². The fourth-order valence-corrected chi connectivity index (χ4v) is 3.95. The SMILES string of the molecule is Cc1ccc(OCCCC(=O)N(Cc2ccccc2)C(C)C(=O)NC2CCCC2)cc1. The van der Waals surface area contributed by atoms with Crippen LogP contribution < -0.4 is 10.1 Å². The van der Waals surface area contributed by atoms with E-state index >= 15 is 0 Å². The molecule has 0 heterocycles. The van der Waals surface area contributed by atoms with Crippen molar-refractivity contribution in [1.29, 1.82) is 0 Å². The third-order valence-corrected chi connectivity index (χ3v) is 5.89. The van der Waals surface area contributed by atoms with E-state index in [-0.39, 0.29) is 17.9 Å². The van der Waals surface area contributed by atoms with E-state index in [1.54, 1.807) is 4.90 Å². The van der Waals surface area contributed by atoms with Gasteiger partial charge in [0, 0.05) is 19.0 Å². The van der Waals surface area contributed by atoms with E-state index in [9.17, 15) is 9.59 Å². The van der Waals surface area contributed by atoms with Crippen molar-refractivity contribution in [2.24, 2.45) is 0 Å². The van der Waals surface area contributed by atoms with Crippen molar-refractivity contribution in [1.82, 2.24) is 10.2 Å². The lowest BCUT2D eigenvalue weighted by Gasteiger charge is -2.30. The fourth-order valence-electron chi connectivity index (χ4n) is 3.95. The Kier molecular flexibility index (Phi) is 8.51. The van der Waals surface area contributed by atoms with Crippen LogP contribution in [0.15, 0.2) is 54.6 Å². The van der Waals surface area contributed by atoms with Gasteiger partial charge in [-0.05, 0) is 50.8 Å². The Bertz CT molecular complexity index is 829. The Hall–Kier alpha value is -2.82. The third kappa shape index (κ3) is 7.12. The first kappa shape index (κ1) is 22.9. The van der Waals surface area contributed by atoms with E-state index < -0.39 is 6.04 Å². The van der Waals surface area contributed by atoms with Crippen molar-refractivity contribution in [2.45, 2.75) is 71.0 Å². The topological polar surface area (TPSA) is 58.6 Å². The maximum Gasteiger partial charge on any atom is 0.242 e. The number of rotatable bonds is 10. The van der Waals surface area contributed by atoms with Crippen LogP contribution in [0.5, 0.6) is 5.75 Å². The first-order valence-electron chi connectivity index (χ1n) is 11.4. The summed E-state index contributed by atoms with van der Waals surface area (Å²) in [6, 6.07) is 17.5. The zero-order valence-corrected chi connectivity index (χ0v) is 18.7. The van der Waals surface area contributed by atoms with Gasteiger partial charge in [-0.3, -0.25) is 9.59 Å². The average Bonchev–Trinajstić information content (AvgIpc) is 3.29. The molecule has 31 heavy (non-hydrogen) atoms. The first-order valence-corrected chi connectivity index (χ1v) is 11.4. The Morgan fingerprint density at radius 3 is 2.42 bits per heavy atom. The van der Waals surface area contributed by atoms with Crippen LogP contribution in [-0.2, 0) is 16.1 Å². The Morgan fingerprint density at radius 1 is 1.06 bits per heavy atom. The summed E-state index contributed by atoms with van der Waals surface area (Å²) in [5.74, 6) is 0.723. The average molecular weight is 423 g/mol. The lowest BCUT2D eigenvalue weighted by molar-refractivity contribution is -0.141. The van der Waals surface area contributed by atoms with Crippen molar-refractivity contribution in [2.75, 3.05) is 6.61 Å². The Labute approximate surface area is 185 Å². The number of amides is 2. The lowest BCUT2D eigenvalue weighted by atomic mass is 10.1. The van der Waals surface area contributed by atoms with Gasteiger partial charge in [0.25, 0.3) is 0 Å². The van der Waals surface area contributed by atoms with E-state index in [1.807, 2.05) is 68.4 Å². The Balaban J connectivity index is 1.56. The van der Waals surface area contributed by atoms with Crippen molar-refractivity contribution < 1.29 is 14.3 Å². The number of hydrogen-bond acceptors (Lipinski definition) is 3. The number of ether oxygens (including phenoxy) is 1.